The zero-order valence-electron chi connectivity index (χ0n) is 3.78. The summed E-state index contributed by atoms with van der Waals surface area (Å²) in [5.41, 5.74) is 5.19. The third-order valence-corrected chi connectivity index (χ3v) is 0.337. The standard InChI is InChI=1S/C4H8N2/c1-3-5-6-4-2/h1,5-6H,4H2,2H3. The lowest BCUT2D eigenvalue weighted by Gasteiger charge is -1.91. The first-order valence-electron chi connectivity index (χ1n) is 1.85. The Morgan fingerprint density at radius 3 is 2.67 bits per heavy atom. The molecule has 0 spiro atoms. The summed E-state index contributed by atoms with van der Waals surface area (Å²) >= 11 is 0. The zero-order chi connectivity index (χ0) is 4.83. The number of nitrogens with one attached hydrogen (secondary N) is 2. The number of rotatable bonds is 2. The predicted molar refractivity (Wildman–Crippen MR) is 25.6 cm³/mol. The number of hydrogen-bond acceptors (Lipinski definition) is 2. The molecule has 0 bridgehead atoms. The largest absolute Gasteiger partial charge is 0.281 e. The van der Waals surface area contributed by atoms with Crippen LogP contribution in [0, 0.1) is 12.5 Å². The van der Waals surface area contributed by atoms with E-state index in [2.05, 4.69) is 16.9 Å². The van der Waals surface area contributed by atoms with E-state index in [-0.39, 0.29) is 0 Å². The quantitative estimate of drug-likeness (QED) is 0.207. The van der Waals surface area contributed by atoms with E-state index >= 15 is 0 Å². The van der Waals surface area contributed by atoms with Gasteiger partial charge in [0.2, 0.25) is 0 Å². The summed E-state index contributed by atoms with van der Waals surface area (Å²) in [4.78, 5) is 0. The van der Waals surface area contributed by atoms with Crippen molar-refractivity contribution >= 4 is 0 Å². The third-order valence-electron chi connectivity index (χ3n) is 0.337. The predicted octanol–water partition coefficient (Wildman–Crippen LogP) is -0.309. The van der Waals surface area contributed by atoms with Crippen LogP contribution in [0.4, 0.5) is 0 Å². The van der Waals surface area contributed by atoms with Crippen molar-refractivity contribution < 1.29 is 0 Å². The third kappa shape index (κ3) is 3.32. The summed E-state index contributed by atoms with van der Waals surface area (Å²) in [7, 11) is 0. The van der Waals surface area contributed by atoms with Gasteiger partial charge < -0.3 is 0 Å². The lowest BCUT2D eigenvalue weighted by Crippen LogP contribution is -2.25. The average molecular weight is 84.1 g/mol. The van der Waals surface area contributed by atoms with Crippen LogP contribution in [0.15, 0.2) is 0 Å². The molecule has 0 aliphatic heterocycles. The van der Waals surface area contributed by atoms with E-state index in [4.69, 9.17) is 6.42 Å². The van der Waals surface area contributed by atoms with Crippen molar-refractivity contribution in [3.05, 3.63) is 0 Å². The lowest BCUT2D eigenvalue weighted by atomic mass is 10.8. The topological polar surface area (TPSA) is 24.1 Å². The van der Waals surface area contributed by atoms with Crippen LogP contribution in [-0.2, 0) is 0 Å². The minimum Gasteiger partial charge on any atom is -0.281 e. The van der Waals surface area contributed by atoms with Gasteiger partial charge in [-0.3, -0.25) is 5.43 Å². The van der Waals surface area contributed by atoms with Crippen LogP contribution in [0.5, 0.6) is 0 Å². The van der Waals surface area contributed by atoms with Crippen LogP contribution in [0.1, 0.15) is 6.92 Å². The first kappa shape index (κ1) is 5.32. The molecule has 0 aliphatic carbocycles. The molecule has 0 unspecified atom stereocenters. The fraction of sp³-hybridized carbons (Fsp3) is 0.500. The Labute approximate surface area is 37.9 Å². The van der Waals surface area contributed by atoms with Crippen LogP contribution in [0.2, 0.25) is 0 Å². The van der Waals surface area contributed by atoms with Gasteiger partial charge in [-0.1, -0.05) is 13.3 Å². The van der Waals surface area contributed by atoms with Crippen LogP contribution < -0.4 is 10.9 Å². The Balaban J connectivity index is 2.54. The van der Waals surface area contributed by atoms with Crippen LogP contribution >= 0.6 is 0 Å². The highest BCUT2D eigenvalue weighted by Crippen LogP contribution is 1.39. The van der Waals surface area contributed by atoms with Crippen molar-refractivity contribution in [2.75, 3.05) is 6.54 Å². The monoisotopic (exact) mass is 84.1 g/mol. The molecular weight excluding hydrogens is 76.1 g/mol. The zero-order valence-corrected chi connectivity index (χ0v) is 3.78. The molecule has 0 saturated carbocycles. The molecule has 6 heavy (non-hydrogen) atoms. The van der Waals surface area contributed by atoms with Gasteiger partial charge in [0, 0.05) is 12.6 Å². The first-order valence-corrected chi connectivity index (χ1v) is 1.85. The molecular formula is C4H8N2. The summed E-state index contributed by atoms with van der Waals surface area (Å²) in [6, 6.07) is 2.21. The van der Waals surface area contributed by atoms with Gasteiger partial charge in [0.15, 0.2) is 0 Å². The maximum atomic E-state index is 4.79. The van der Waals surface area contributed by atoms with E-state index in [9.17, 15) is 0 Å². The molecule has 0 saturated heterocycles. The van der Waals surface area contributed by atoms with E-state index in [0.717, 1.165) is 6.54 Å². The molecule has 0 amide bonds. The van der Waals surface area contributed by atoms with Crippen molar-refractivity contribution in [2.24, 2.45) is 0 Å². The maximum Gasteiger partial charge on any atom is 0.0167 e. The van der Waals surface area contributed by atoms with Gasteiger partial charge in [0.05, 0.1) is 0 Å². The fourth-order valence-electron chi connectivity index (χ4n) is 0.139. The second-order valence-corrected chi connectivity index (χ2v) is 0.800. The minimum atomic E-state index is 0.851. The average Bonchev–Trinajstić information content (AvgIpc) is 1.61. The van der Waals surface area contributed by atoms with Crippen LogP contribution in [0.3, 0.4) is 0 Å². The van der Waals surface area contributed by atoms with E-state index in [1.165, 1.54) is 0 Å². The summed E-state index contributed by atoms with van der Waals surface area (Å²) in [5.74, 6) is 0. The molecule has 0 rings (SSSR count). The van der Waals surface area contributed by atoms with Gasteiger partial charge in [-0.05, 0) is 0 Å². The van der Waals surface area contributed by atoms with E-state index in [1.54, 1.807) is 0 Å². The van der Waals surface area contributed by atoms with Gasteiger partial charge in [0.1, 0.15) is 0 Å². The second-order valence-electron chi connectivity index (χ2n) is 0.800. The maximum absolute atomic E-state index is 4.79. The van der Waals surface area contributed by atoms with Crippen molar-refractivity contribution in [3.8, 4) is 12.5 Å². The van der Waals surface area contributed by atoms with Gasteiger partial charge in [-0.15, -0.1) is 0 Å². The summed E-state index contributed by atoms with van der Waals surface area (Å²) < 4.78 is 0. The Kier molecular flexibility index (Phi) is 3.83. The van der Waals surface area contributed by atoms with Crippen molar-refractivity contribution in [1.29, 1.82) is 0 Å². The highest BCUT2D eigenvalue weighted by atomic mass is 15.3. The molecule has 0 aromatic heterocycles. The van der Waals surface area contributed by atoms with Gasteiger partial charge >= 0.3 is 0 Å². The number of hydrazine groups is 1. The van der Waals surface area contributed by atoms with Crippen molar-refractivity contribution in [2.45, 2.75) is 6.92 Å². The van der Waals surface area contributed by atoms with E-state index in [1.807, 2.05) is 6.92 Å². The molecule has 0 heterocycles. The minimum absolute atomic E-state index is 0.851. The lowest BCUT2D eigenvalue weighted by molar-refractivity contribution is 0.673. The van der Waals surface area contributed by atoms with Crippen molar-refractivity contribution in [3.63, 3.8) is 0 Å². The Morgan fingerprint density at radius 1 is 1.83 bits per heavy atom. The molecule has 0 fully saturated rings. The normalized spacial score (nSPS) is 6.67. The second kappa shape index (κ2) is 4.32. The molecule has 2 nitrogen and oxygen atoms in total. The molecule has 0 aliphatic rings. The summed E-state index contributed by atoms with van der Waals surface area (Å²) in [6.07, 6.45) is 4.79. The van der Waals surface area contributed by atoms with Gasteiger partial charge in [-0.2, -0.15) is 0 Å². The molecule has 0 radical (unpaired) electrons. The van der Waals surface area contributed by atoms with Gasteiger partial charge in [0.25, 0.3) is 0 Å². The first-order chi connectivity index (χ1) is 2.91. The molecule has 2 heteroatoms. The Hall–Kier alpha value is -0.680. The highest BCUT2D eigenvalue weighted by Gasteiger charge is 1.62. The molecule has 34 valence electrons. The SMILES string of the molecule is C#CNNCC. The number of hydrogen-bond donors (Lipinski definition) is 2. The smallest absolute Gasteiger partial charge is 0.0167 e. The Morgan fingerprint density at radius 2 is 2.50 bits per heavy atom. The fourth-order valence-corrected chi connectivity index (χ4v) is 0.139. The molecule has 2 N–H and O–H groups in total. The van der Waals surface area contributed by atoms with E-state index in [0.29, 0.717) is 0 Å². The highest BCUT2D eigenvalue weighted by molar-refractivity contribution is 4.76. The molecule has 0 atom stereocenters. The summed E-state index contributed by atoms with van der Waals surface area (Å²) in [6.45, 7) is 2.81. The summed E-state index contributed by atoms with van der Waals surface area (Å²) in [5, 5.41) is 0. The van der Waals surface area contributed by atoms with E-state index < -0.39 is 0 Å². The molecule has 0 aromatic carbocycles. The van der Waals surface area contributed by atoms with Crippen LogP contribution in [0.25, 0.3) is 0 Å². The van der Waals surface area contributed by atoms with Crippen molar-refractivity contribution in [1.82, 2.24) is 10.9 Å². The number of terminal acetylenes is 1. The van der Waals surface area contributed by atoms with Crippen LogP contribution in [-0.4, -0.2) is 6.54 Å². The van der Waals surface area contributed by atoms with Gasteiger partial charge in [-0.25, -0.2) is 5.43 Å². The molecule has 0 aromatic rings. The Bertz CT molecular complexity index is 53.1.